The number of hydrogen-bond acceptors (Lipinski definition) is 5. The average molecular weight is 375 g/mol. The first-order valence-electron chi connectivity index (χ1n) is 7.11. The van der Waals surface area contributed by atoms with Gasteiger partial charge < -0.3 is 14.6 Å². The molecule has 3 rings (SSSR count). The zero-order valence-electron chi connectivity index (χ0n) is 12.3. The van der Waals surface area contributed by atoms with Gasteiger partial charge in [-0.25, -0.2) is 4.98 Å². The second-order valence-electron chi connectivity index (χ2n) is 4.87. The minimum atomic E-state index is -0.0340. The van der Waals surface area contributed by atoms with Crippen LogP contribution in [-0.4, -0.2) is 28.3 Å². The summed E-state index contributed by atoms with van der Waals surface area (Å²) in [5.41, 5.74) is 1.68. The predicted octanol–water partition coefficient (Wildman–Crippen LogP) is 3.34. The van der Waals surface area contributed by atoms with Crippen LogP contribution in [0.3, 0.4) is 0 Å². The third-order valence-corrected chi connectivity index (χ3v) is 3.70. The van der Waals surface area contributed by atoms with E-state index in [-0.39, 0.29) is 6.61 Å². The lowest BCUT2D eigenvalue weighted by molar-refractivity contribution is 0.211. The number of aromatic nitrogens is 2. The van der Waals surface area contributed by atoms with Gasteiger partial charge in [-0.2, -0.15) is 0 Å². The van der Waals surface area contributed by atoms with Crippen molar-refractivity contribution in [3.63, 3.8) is 0 Å². The normalized spacial score (nSPS) is 10.7. The zero-order valence-corrected chi connectivity index (χ0v) is 13.9. The molecule has 3 aromatic rings. The van der Waals surface area contributed by atoms with Crippen molar-refractivity contribution in [2.75, 3.05) is 13.2 Å². The SMILES string of the molecule is OCc1ccnc(OCCOc2cnc3ccc(Br)cc3c2)c1. The standard InChI is InChI=1S/C17H15BrN2O3/c18-14-1-2-16-13(8-14)9-15(10-20-16)22-5-6-23-17-7-12(11-21)3-4-19-17/h1-4,7-10,21H,5-6,11H2. The Morgan fingerprint density at radius 3 is 2.74 bits per heavy atom. The van der Waals surface area contributed by atoms with Gasteiger partial charge in [0.1, 0.15) is 19.0 Å². The quantitative estimate of drug-likeness (QED) is 0.670. The number of aliphatic hydroxyl groups excluding tert-OH is 1. The van der Waals surface area contributed by atoms with Crippen LogP contribution < -0.4 is 9.47 Å². The van der Waals surface area contributed by atoms with Gasteiger partial charge in [-0.15, -0.1) is 0 Å². The first-order valence-corrected chi connectivity index (χ1v) is 7.90. The van der Waals surface area contributed by atoms with Crippen LogP contribution in [0.1, 0.15) is 5.56 Å². The fourth-order valence-corrected chi connectivity index (χ4v) is 2.47. The number of aliphatic hydroxyl groups is 1. The van der Waals surface area contributed by atoms with Crippen LogP contribution in [0.25, 0.3) is 10.9 Å². The van der Waals surface area contributed by atoms with Gasteiger partial charge >= 0.3 is 0 Å². The molecule has 1 N–H and O–H groups in total. The van der Waals surface area contributed by atoms with E-state index >= 15 is 0 Å². The molecule has 0 aliphatic carbocycles. The molecular formula is C17H15BrN2O3. The van der Waals surface area contributed by atoms with E-state index in [9.17, 15) is 0 Å². The third kappa shape index (κ3) is 4.18. The Balaban J connectivity index is 1.56. The van der Waals surface area contributed by atoms with E-state index in [1.54, 1.807) is 24.5 Å². The number of ether oxygens (including phenoxy) is 2. The monoisotopic (exact) mass is 374 g/mol. The Bertz CT molecular complexity index is 811. The molecule has 0 fully saturated rings. The van der Waals surface area contributed by atoms with Crippen LogP contribution in [0, 0.1) is 0 Å². The summed E-state index contributed by atoms with van der Waals surface area (Å²) >= 11 is 3.45. The molecule has 0 spiro atoms. The smallest absolute Gasteiger partial charge is 0.213 e. The highest BCUT2D eigenvalue weighted by atomic mass is 79.9. The minimum absolute atomic E-state index is 0.0340. The summed E-state index contributed by atoms with van der Waals surface area (Å²) in [4.78, 5) is 8.43. The second-order valence-corrected chi connectivity index (χ2v) is 5.78. The van der Waals surface area contributed by atoms with E-state index in [4.69, 9.17) is 14.6 Å². The maximum absolute atomic E-state index is 9.07. The molecule has 2 heterocycles. The summed E-state index contributed by atoms with van der Waals surface area (Å²) in [5.74, 6) is 1.16. The first kappa shape index (κ1) is 15.7. The molecular weight excluding hydrogens is 360 g/mol. The number of rotatable bonds is 6. The predicted molar refractivity (Wildman–Crippen MR) is 90.6 cm³/mol. The van der Waals surface area contributed by atoms with E-state index in [2.05, 4.69) is 25.9 Å². The van der Waals surface area contributed by atoms with Gasteiger partial charge in [0.15, 0.2) is 0 Å². The van der Waals surface area contributed by atoms with Crippen molar-refractivity contribution >= 4 is 26.8 Å². The van der Waals surface area contributed by atoms with Crippen molar-refractivity contribution < 1.29 is 14.6 Å². The largest absolute Gasteiger partial charge is 0.488 e. The zero-order chi connectivity index (χ0) is 16.1. The fraction of sp³-hybridized carbons (Fsp3) is 0.176. The van der Waals surface area contributed by atoms with Crippen LogP contribution in [0.5, 0.6) is 11.6 Å². The summed E-state index contributed by atoms with van der Waals surface area (Å²) in [6, 6.07) is 11.3. The summed E-state index contributed by atoms with van der Waals surface area (Å²) < 4.78 is 12.2. The maximum Gasteiger partial charge on any atom is 0.213 e. The first-order chi connectivity index (χ1) is 11.2. The van der Waals surface area contributed by atoms with Crippen molar-refractivity contribution in [3.8, 4) is 11.6 Å². The number of halogens is 1. The summed E-state index contributed by atoms with van der Waals surface area (Å²) in [6.07, 6.45) is 3.30. The minimum Gasteiger partial charge on any atom is -0.488 e. The molecule has 2 aromatic heterocycles. The van der Waals surface area contributed by atoms with Gasteiger partial charge in [-0.1, -0.05) is 15.9 Å². The van der Waals surface area contributed by atoms with Crippen molar-refractivity contribution in [2.45, 2.75) is 6.61 Å². The van der Waals surface area contributed by atoms with Crippen molar-refractivity contribution in [3.05, 3.63) is 58.8 Å². The molecule has 0 saturated heterocycles. The van der Waals surface area contributed by atoms with Gasteiger partial charge in [-0.05, 0) is 35.9 Å². The molecule has 6 heteroatoms. The lowest BCUT2D eigenvalue weighted by Crippen LogP contribution is -2.10. The average Bonchev–Trinajstić information content (AvgIpc) is 2.58. The number of hydrogen-bond donors (Lipinski definition) is 1. The Kier molecular flexibility index (Phi) is 5.05. The summed E-state index contributed by atoms with van der Waals surface area (Å²) in [7, 11) is 0. The van der Waals surface area contributed by atoms with Crippen molar-refractivity contribution in [2.24, 2.45) is 0 Å². The molecule has 0 aliphatic heterocycles. The van der Waals surface area contributed by atoms with Gasteiger partial charge in [-0.3, -0.25) is 4.98 Å². The van der Waals surface area contributed by atoms with E-state index in [1.165, 1.54) is 0 Å². The molecule has 118 valence electrons. The highest BCUT2D eigenvalue weighted by Crippen LogP contribution is 2.22. The van der Waals surface area contributed by atoms with Gasteiger partial charge in [0.05, 0.1) is 18.3 Å². The molecule has 0 amide bonds. The summed E-state index contributed by atoms with van der Waals surface area (Å²) in [6.45, 7) is 0.707. The molecule has 0 saturated carbocycles. The van der Waals surface area contributed by atoms with E-state index < -0.39 is 0 Å². The molecule has 23 heavy (non-hydrogen) atoms. The molecule has 0 bridgehead atoms. The van der Waals surface area contributed by atoms with Crippen LogP contribution in [0.2, 0.25) is 0 Å². The second kappa shape index (κ2) is 7.39. The number of nitrogens with zero attached hydrogens (tertiary/aromatic N) is 2. The maximum atomic E-state index is 9.07. The highest BCUT2D eigenvalue weighted by molar-refractivity contribution is 9.10. The Morgan fingerprint density at radius 1 is 1.00 bits per heavy atom. The Hall–Kier alpha value is -2.18. The summed E-state index contributed by atoms with van der Waals surface area (Å²) in [5, 5.41) is 10.1. The van der Waals surface area contributed by atoms with Gasteiger partial charge in [0, 0.05) is 22.1 Å². The number of fused-ring (bicyclic) bond motifs is 1. The Labute approximate surface area is 142 Å². The highest BCUT2D eigenvalue weighted by Gasteiger charge is 2.01. The lowest BCUT2D eigenvalue weighted by atomic mass is 10.2. The van der Waals surface area contributed by atoms with Crippen molar-refractivity contribution in [1.29, 1.82) is 0 Å². The van der Waals surface area contributed by atoms with E-state index in [0.29, 0.717) is 24.8 Å². The number of benzene rings is 1. The van der Waals surface area contributed by atoms with Gasteiger partial charge in [0.2, 0.25) is 5.88 Å². The molecule has 0 unspecified atom stereocenters. The lowest BCUT2D eigenvalue weighted by Gasteiger charge is -2.09. The molecule has 1 aromatic carbocycles. The van der Waals surface area contributed by atoms with Crippen LogP contribution in [0.4, 0.5) is 0 Å². The third-order valence-electron chi connectivity index (χ3n) is 3.20. The van der Waals surface area contributed by atoms with Gasteiger partial charge in [0.25, 0.3) is 0 Å². The molecule has 0 aliphatic rings. The molecule has 0 atom stereocenters. The van der Waals surface area contributed by atoms with Crippen LogP contribution >= 0.6 is 15.9 Å². The van der Waals surface area contributed by atoms with Crippen molar-refractivity contribution in [1.82, 2.24) is 9.97 Å². The van der Waals surface area contributed by atoms with Crippen LogP contribution in [-0.2, 0) is 6.61 Å². The number of pyridine rings is 2. The van der Waals surface area contributed by atoms with E-state index in [1.807, 2.05) is 24.3 Å². The fourth-order valence-electron chi connectivity index (χ4n) is 2.09. The van der Waals surface area contributed by atoms with E-state index in [0.717, 1.165) is 20.9 Å². The molecule has 5 nitrogen and oxygen atoms in total. The van der Waals surface area contributed by atoms with Crippen LogP contribution in [0.15, 0.2) is 53.3 Å². The Morgan fingerprint density at radius 2 is 1.87 bits per heavy atom. The topological polar surface area (TPSA) is 64.5 Å². The molecule has 0 radical (unpaired) electrons.